The van der Waals surface area contributed by atoms with Gasteiger partial charge in [0.25, 0.3) is 0 Å². The molecule has 0 amide bonds. The number of thioether (sulfide) groups is 1. The first-order chi connectivity index (χ1) is 14.7. The summed E-state index contributed by atoms with van der Waals surface area (Å²) in [4.78, 5) is 6.23. The number of nitrogens with zero attached hydrogens (tertiary/aromatic N) is 2. The van der Waals surface area contributed by atoms with E-state index in [1.165, 1.54) is 28.0 Å². The zero-order chi connectivity index (χ0) is 20.8. The monoisotopic (exact) mass is 435 g/mol. The maximum atomic E-state index is 6.24. The number of hydrogen-bond donors (Lipinski definition) is 1. The van der Waals surface area contributed by atoms with Crippen LogP contribution < -0.4 is 5.32 Å². The molecule has 154 valence electrons. The fourth-order valence-corrected chi connectivity index (χ4v) is 4.52. The van der Waals surface area contributed by atoms with Gasteiger partial charge < -0.3 is 9.88 Å². The largest absolute Gasteiger partial charge is 0.322 e. The standard InChI is InChI=1S/C25H26ClN3S/c1-2-13-30-22-11-12-23-24(15-22)29(18-20-9-6-10-21(26)14-20)25(28-23)17-27-16-19-7-4-3-5-8-19/h3-12,14-15,27H,2,13,16-18H2,1H3. The van der Waals surface area contributed by atoms with Gasteiger partial charge in [-0.25, -0.2) is 4.98 Å². The molecule has 3 nitrogen and oxygen atoms in total. The van der Waals surface area contributed by atoms with Crippen LogP contribution in [0.2, 0.25) is 5.02 Å². The molecule has 5 heteroatoms. The lowest BCUT2D eigenvalue weighted by molar-refractivity contribution is 0.628. The smallest absolute Gasteiger partial charge is 0.124 e. The fraction of sp³-hybridized carbons (Fsp3) is 0.240. The molecule has 0 fully saturated rings. The molecular formula is C25H26ClN3S. The van der Waals surface area contributed by atoms with Gasteiger partial charge in [-0.2, -0.15) is 0 Å². The molecule has 0 unspecified atom stereocenters. The highest BCUT2D eigenvalue weighted by Crippen LogP contribution is 2.26. The summed E-state index contributed by atoms with van der Waals surface area (Å²) in [6.45, 7) is 4.49. The lowest BCUT2D eigenvalue weighted by Gasteiger charge is -2.11. The summed E-state index contributed by atoms with van der Waals surface area (Å²) in [6.07, 6.45) is 1.17. The van der Waals surface area contributed by atoms with Gasteiger partial charge in [0, 0.05) is 23.0 Å². The third kappa shape index (κ3) is 5.25. The summed E-state index contributed by atoms with van der Waals surface area (Å²) >= 11 is 8.14. The van der Waals surface area contributed by atoms with Crippen molar-refractivity contribution < 1.29 is 0 Å². The van der Waals surface area contributed by atoms with E-state index >= 15 is 0 Å². The summed E-state index contributed by atoms with van der Waals surface area (Å²) in [7, 11) is 0. The number of fused-ring (bicyclic) bond motifs is 1. The minimum Gasteiger partial charge on any atom is -0.322 e. The van der Waals surface area contributed by atoms with E-state index in [1.54, 1.807) is 0 Å². The molecule has 30 heavy (non-hydrogen) atoms. The van der Waals surface area contributed by atoms with E-state index in [1.807, 2.05) is 36.0 Å². The van der Waals surface area contributed by atoms with Gasteiger partial charge in [0.2, 0.25) is 0 Å². The van der Waals surface area contributed by atoms with Crippen LogP contribution in [0.3, 0.4) is 0 Å². The molecule has 0 aliphatic heterocycles. The first-order valence-electron chi connectivity index (χ1n) is 10.3. The first kappa shape index (κ1) is 21.0. The molecule has 0 radical (unpaired) electrons. The second kappa shape index (κ2) is 10.2. The molecule has 0 aliphatic rings. The number of rotatable bonds is 9. The number of hydrogen-bond acceptors (Lipinski definition) is 3. The predicted molar refractivity (Wildman–Crippen MR) is 128 cm³/mol. The van der Waals surface area contributed by atoms with E-state index in [-0.39, 0.29) is 0 Å². The van der Waals surface area contributed by atoms with Gasteiger partial charge in [-0.05, 0) is 53.6 Å². The van der Waals surface area contributed by atoms with Crippen LogP contribution in [0.25, 0.3) is 11.0 Å². The van der Waals surface area contributed by atoms with Crippen molar-refractivity contribution >= 4 is 34.4 Å². The van der Waals surface area contributed by atoms with Crippen LogP contribution in [0.15, 0.2) is 77.7 Å². The lowest BCUT2D eigenvalue weighted by atomic mass is 10.2. The first-order valence-corrected chi connectivity index (χ1v) is 11.7. The molecule has 0 bridgehead atoms. The van der Waals surface area contributed by atoms with Crippen LogP contribution in [0.1, 0.15) is 30.3 Å². The van der Waals surface area contributed by atoms with Crippen LogP contribution in [0.4, 0.5) is 0 Å². The Morgan fingerprint density at radius 1 is 0.933 bits per heavy atom. The van der Waals surface area contributed by atoms with Gasteiger partial charge in [0.1, 0.15) is 5.82 Å². The molecule has 0 saturated heterocycles. The highest BCUT2D eigenvalue weighted by Gasteiger charge is 2.12. The van der Waals surface area contributed by atoms with Crippen LogP contribution in [0, 0.1) is 0 Å². The van der Waals surface area contributed by atoms with E-state index in [2.05, 4.69) is 65.3 Å². The summed E-state index contributed by atoms with van der Waals surface area (Å²) in [5.41, 5.74) is 4.66. The Balaban J connectivity index is 1.62. The molecule has 1 heterocycles. The Morgan fingerprint density at radius 2 is 1.77 bits per heavy atom. The molecule has 1 aromatic heterocycles. The maximum Gasteiger partial charge on any atom is 0.124 e. The summed E-state index contributed by atoms with van der Waals surface area (Å²) in [6, 6.07) is 25.1. The highest BCUT2D eigenvalue weighted by molar-refractivity contribution is 7.99. The van der Waals surface area contributed by atoms with E-state index in [0.717, 1.165) is 35.2 Å². The quantitative estimate of drug-likeness (QED) is 0.303. The van der Waals surface area contributed by atoms with E-state index < -0.39 is 0 Å². The van der Waals surface area contributed by atoms with Gasteiger partial charge in [-0.1, -0.05) is 61.0 Å². The zero-order valence-corrected chi connectivity index (χ0v) is 18.7. The van der Waals surface area contributed by atoms with E-state index in [0.29, 0.717) is 6.54 Å². The second-order valence-electron chi connectivity index (χ2n) is 7.33. The van der Waals surface area contributed by atoms with Crippen molar-refractivity contribution in [3.05, 3.63) is 94.8 Å². The zero-order valence-electron chi connectivity index (χ0n) is 17.1. The van der Waals surface area contributed by atoms with Crippen molar-refractivity contribution in [1.82, 2.24) is 14.9 Å². The topological polar surface area (TPSA) is 29.9 Å². The predicted octanol–water partition coefficient (Wildman–Crippen LogP) is 6.53. The van der Waals surface area contributed by atoms with Crippen molar-refractivity contribution in [2.24, 2.45) is 0 Å². The van der Waals surface area contributed by atoms with Crippen LogP contribution in [-0.4, -0.2) is 15.3 Å². The average molecular weight is 436 g/mol. The van der Waals surface area contributed by atoms with Crippen molar-refractivity contribution in [3.8, 4) is 0 Å². The van der Waals surface area contributed by atoms with Gasteiger partial charge in [0.15, 0.2) is 0 Å². The number of nitrogens with one attached hydrogen (secondary N) is 1. The molecule has 3 aromatic carbocycles. The average Bonchev–Trinajstić information content (AvgIpc) is 3.10. The Bertz CT molecular complexity index is 1110. The molecule has 1 N–H and O–H groups in total. The van der Waals surface area contributed by atoms with Crippen molar-refractivity contribution in [3.63, 3.8) is 0 Å². The number of aromatic nitrogens is 2. The number of imidazole rings is 1. The molecule has 4 rings (SSSR count). The van der Waals surface area contributed by atoms with Crippen LogP contribution >= 0.6 is 23.4 Å². The number of benzene rings is 3. The Hall–Kier alpha value is -2.27. The van der Waals surface area contributed by atoms with Gasteiger partial charge >= 0.3 is 0 Å². The molecular weight excluding hydrogens is 410 g/mol. The lowest BCUT2D eigenvalue weighted by Crippen LogP contribution is -2.17. The molecule has 0 aliphatic carbocycles. The third-order valence-electron chi connectivity index (χ3n) is 4.96. The van der Waals surface area contributed by atoms with Gasteiger partial charge in [-0.3, -0.25) is 0 Å². The van der Waals surface area contributed by atoms with E-state index in [4.69, 9.17) is 16.6 Å². The van der Waals surface area contributed by atoms with Gasteiger partial charge in [-0.15, -0.1) is 11.8 Å². The summed E-state index contributed by atoms with van der Waals surface area (Å²) in [5, 5.41) is 4.31. The molecule has 0 atom stereocenters. The summed E-state index contributed by atoms with van der Waals surface area (Å²) < 4.78 is 2.31. The second-order valence-corrected chi connectivity index (χ2v) is 8.94. The molecule has 4 aromatic rings. The Labute approximate surface area is 187 Å². The van der Waals surface area contributed by atoms with Crippen LogP contribution in [-0.2, 0) is 19.6 Å². The normalized spacial score (nSPS) is 11.3. The maximum absolute atomic E-state index is 6.24. The van der Waals surface area contributed by atoms with Crippen molar-refractivity contribution in [1.29, 1.82) is 0 Å². The van der Waals surface area contributed by atoms with Crippen molar-refractivity contribution in [2.75, 3.05) is 5.75 Å². The molecule has 0 saturated carbocycles. The molecule has 0 spiro atoms. The third-order valence-corrected chi connectivity index (χ3v) is 6.39. The minimum absolute atomic E-state index is 0.710. The highest BCUT2D eigenvalue weighted by atomic mass is 35.5. The minimum atomic E-state index is 0.710. The van der Waals surface area contributed by atoms with Crippen molar-refractivity contribution in [2.45, 2.75) is 37.9 Å². The fourth-order valence-electron chi connectivity index (χ4n) is 3.51. The van der Waals surface area contributed by atoms with Gasteiger partial charge in [0.05, 0.1) is 17.6 Å². The van der Waals surface area contributed by atoms with E-state index in [9.17, 15) is 0 Å². The SMILES string of the molecule is CCCSc1ccc2nc(CNCc3ccccc3)n(Cc3cccc(Cl)c3)c2c1. The van der Waals surface area contributed by atoms with Crippen LogP contribution in [0.5, 0.6) is 0 Å². The Kier molecular flexibility index (Phi) is 7.11. The number of halogens is 1. The summed E-state index contributed by atoms with van der Waals surface area (Å²) in [5.74, 6) is 2.16. The Morgan fingerprint density at radius 3 is 2.57 bits per heavy atom.